The van der Waals surface area contributed by atoms with Gasteiger partial charge in [-0.1, -0.05) is 18.2 Å². The van der Waals surface area contributed by atoms with Crippen LogP contribution in [0.1, 0.15) is 12.0 Å². The molecule has 4 nitrogen and oxygen atoms in total. The Morgan fingerprint density at radius 3 is 2.62 bits per heavy atom. The third-order valence-corrected chi connectivity index (χ3v) is 2.67. The normalized spacial score (nSPS) is 18.0. The van der Waals surface area contributed by atoms with Crippen LogP contribution in [0.2, 0.25) is 0 Å². The van der Waals surface area contributed by atoms with Crippen LogP contribution in [0.25, 0.3) is 6.08 Å². The van der Waals surface area contributed by atoms with Crippen LogP contribution in [0.4, 0.5) is 10.5 Å². The minimum atomic E-state index is -0.847. The lowest BCUT2D eigenvalue weighted by atomic mass is 10.1. The minimum Gasteiger partial charge on any atom is -0.465 e. The molecule has 1 aliphatic heterocycles. The molecule has 1 fully saturated rings. The minimum absolute atomic E-state index is 0.514. The number of nitrogens with two attached hydrogens (primary N) is 1. The average Bonchev–Trinajstić information content (AvgIpc) is 2.70. The summed E-state index contributed by atoms with van der Waals surface area (Å²) >= 11 is 0. The van der Waals surface area contributed by atoms with E-state index in [2.05, 4.69) is 0 Å². The molecule has 4 heteroatoms. The van der Waals surface area contributed by atoms with Crippen molar-refractivity contribution in [2.24, 2.45) is 0 Å². The zero-order chi connectivity index (χ0) is 11.5. The molecular formula is C12H14N2O2. The van der Waals surface area contributed by atoms with Gasteiger partial charge in [0.2, 0.25) is 0 Å². The largest absolute Gasteiger partial charge is 0.465 e. The van der Waals surface area contributed by atoms with E-state index < -0.39 is 6.09 Å². The molecule has 0 atom stereocenters. The molecule has 16 heavy (non-hydrogen) atoms. The molecule has 0 spiro atoms. The maximum atomic E-state index is 10.7. The van der Waals surface area contributed by atoms with Gasteiger partial charge >= 0.3 is 6.09 Å². The number of hydrogen-bond acceptors (Lipinski definition) is 2. The van der Waals surface area contributed by atoms with Gasteiger partial charge in [-0.25, -0.2) is 4.79 Å². The van der Waals surface area contributed by atoms with Crippen molar-refractivity contribution in [1.82, 2.24) is 4.90 Å². The Kier molecular flexibility index (Phi) is 2.81. The monoisotopic (exact) mass is 218 g/mol. The number of carbonyl (C=O) groups is 1. The third-order valence-electron chi connectivity index (χ3n) is 2.67. The molecule has 2 rings (SSSR count). The van der Waals surface area contributed by atoms with Crippen molar-refractivity contribution >= 4 is 17.9 Å². The first-order chi connectivity index (χ1) is 7.65. The number of nitrogens with zero attached hydrogens (tertiary/aromatic N) is 1. The Balaban J connectivity index is 2.09. The summed E-state index contributed by atoms with van der Waals surface area (Å²) in [7, 11) is 0. The summed E-state index contributed by atoms with van der Waals surface area (Å²) in [5, 5.41) is 8.82. The SMILES string of the molecule is Nc1ccc(/C=C2\CCN(C(=O)O)C2)cc1. The molecule has 1 aromatic carbocycles. The fourth-order valence-corrected chi connectivity index (χ4v) is 1.79. The number of nitrogen functional groups attached to an aromatic ring is 1. The number of amides is 1. The summed E-state index contributed by atoms with van der Waals surface area (Å²) in [4.78, 5) is 12.1. The standard InChI is InChI=1S/C12H14N2O2/c13-11-3-1-9(2-4-11)7-10-5-6-14(8-10)12(15)16/h1-4,7H,5-6,8,13H2,(H,15,16)/b10-7+. The highest BCUT2D eigenvalue weighted by Gasteiger charge is 2.20. The average molecular weight is 218 g/mol. The fourth-order valence-electron chi connectivity index (χ4n) is 1.79. The summed E-state index contributed by atoms with van der Waals surface area (Å²) in [6.07, 6.45) is 2.00. The van der Waals surface area contributed by atoms with Gasteiger partial charge in [0.05, 0.1) is 0 Å². The number of benzene rings is 1. The molecule has 1 heterocycles. The summed E-state index contributed by atoms with van der Waals surface area (Å²) in [5.41, 5.74) is 8.54. The summed E-state index contributed by atoms with van der Waals surface area (Å²) in [5.74, 6) is 0. The smallest absolute Gasteiger partial charge is 0.407 e. The van der Waals surface area contributed by atoms with Crippen LogP contribution >= 0.6 is 0 Å². The molecule has 1 saturated heterocycles. The Bertz CT molecular complexity index is 423. The molecule has 84 valence electrons. The van der Waals surface area contributed by atoms with Crippen LogP contribution < -0.4 is 5.73 Å². The maximum Gasteiger partial charge on any atom is 0.407 e. The van der Waals surface area contributed by atoms with E-state index in [9.17, 15) is 4.79 Å². The first kappa shape index (κ1) is 10.5. The van der Waals surface area contributed by atoms with Gasteiger partial charge in [-0.05, 0) is 29.7 Å². The van der Waals surface area contributed by atoms with E-state index >= 15 is 0 Å². The highest BCUT2D eigenvalue weighted by molar-refractivity contribution is 5.67. The lowest BCUT2D eigenvalue weighted by molar-refractivity contribution is 0.156. The van der Waals surface area contributed by atoms with E-state index in [4.69, 9.17) is 10.8 Å². The lowest BCUT2D eigenvalue weighted by Gasteiger charge is -2.08. The molecule has 0 aromatic heterocycles. The first-order valence-corrected chi connectivity index (χ1v) is 5.18. The quantitative estimate of drug-likeness (QED) is 0.709. The van der Waals surface area contributed by atoms with Gasteiger partial charge in [0.25, 0.3) is 0 Å². The summed E-state index contributed by atoms with van der Waals surface area (Å²) < 4.78 is 0. The molecular weight excluding hydrogens is 204 g/mol. The van der Waals surface area contributed by atoms with Crippen LogP contribution in [0.3, 0.4) is 0 Å². The number of rotatable bonds is 1. The molecule has 1 amide bonds. The zero-order valence-corrected chi connectivity index (χ0v) is 8.89. The van der Waals surface area contributed by atoms with Crippen molar-refractivity contribution in [1.29, 1.82) is 0 Å². The van der Waals surface area contributed by atoms with Crippen molar-refractivity contribution < 1.29 is 9.90 Å². The number of carboxylic acid groups (broad SMARTS) is 1. The molecule has 0 aliphatic carbocycles. The molecule has 1 aromatic rings. The van der Waals surface area contributed by atoms with Gasteiger partial charge in [0.15, 0.2) is 0 Å². The Morgan fingerprint density at radius 1 is 1.38 bits per heavy atom. The Morgan fingerprint density at radius 2 is 2.06 bits per heavy atom. The van der Waals surface area contributed by atoms with Gasteiger partial charge < -0.3 is 15.7 Å². The highest BCUT2D eigenvalue weighted by Crippen LogP contribution is 2.19. The second-order valence-electron chi connectivity index (χ2n) is 3.92. The van der Waals surface area contributed by atoms with Gasteiger partial charge in [0.1, 0.15) is 0 Å². The topological polar surface area (TPSA) is 66.6 Å². The second-order valence-corrected chi connectivity index (χ2v) is 3.92. The van der Waals surface area contributed by atoms with Gasteiger partial charge in [-0.2, -0.15) is 0 Å². The zero-order valence-electron chi connectivity index (χ0n) is 8.89. The van der Waals surface area contributed by atoms with Gasteiger partial charge in [-0.3, -0.25) is 0 Å². The molecule has 0 radical (unpaired) electrons. The van der Waals surface area contributed by atoms with E-state index in [1.54, 1.807) is 0 Å². The maximum absolute atomic E-state index is 10.7. The predicted octanol–water partition coefficient (Wildman–Crippen LogP) is 2.04. The van der Waals surface area contributed by atoms with Crippen LogP contribution in [-0.4, -0.2) is 29.2 Å². The van der Waals surface area contributed by atoms with Crippen molar-refractivity contribution in [2.75, 3.05) is 18.8 Å². The lowest BCUT2D eigenvalue weighted by Crippen LogP contribution is -2.25. The third kappa shape index (κ3) is 2.34. The van der Waals surface area contributed by atoms with Crippen LogP contribution in [0.15, 0.2) is 29.8 Å². The first-order valence-electron chi connectivity index (χ1n) is 5.18. The van der Waals surface area contributed by atoms with E-state index in [1.165, 1.54) is 4.90 Å². The van der Waals surface area contributed by atoms with Crippen LogP contribution in [0.5, 0.6) is 0 Å². The van der Waals surface area contributed by atoms with E-state index in [1.807, 2.05) is 30.3 Å². The molecule has 0 saturated carbocycles. The van der Waals surface area contributed by atoms with Crippen molar-refractivity contribution in [2.45, 2.75) is 6.42 Å². The van der Waals surface area contributed by atoms with Gasteiger partial charge in [0, 0.05) is 18.8 Å². The molecule has 1 aliphatic rings. The number of hydrogen-bond donors (Lipinski definition) is 2. The summed E-state index contributed by atoms with van der Waals surface area (Å²) in [6, 6.07) is 7.56. The number of likely N-dealkylation sites (tertiary alicyclic amines) is 1. The van der Waals surface area contributed by atoms with Crippen molar-refractivity contribution in [3.63, 3.8) is 0 Å². The van der Waals surface area contributed by atoms with E-state index in [0.29, 0.717) is 13.1 Å². The second kappa shape index (κ2) is 4.26. The van der Waals surface area contributed by atoms with Crippen LogP contribution in [0, 0.1) is 0 Å². The molecule has 0 unspecified atom stereocenters. The Labute approximate surface area is 94.0 Å². The number of anilines is 1. The van der Waals surface area contributed by atoms with Crippen molar-refractivity contribution in [3.05, 3.63) is 35.4 Å². The Hall–Kier alpha value is -1.97. The van der Waals surface area contributed by atoms with E-state index in [-0.39, 0.29) is 0 Å². The van der Waals surface area contributed by atoms with Gasteiger partial charge in [-0.15, -0.1) is 0 Å². The van der Waals surface area contributed by atoms with Crippen LogP contribution in [-0.2, 0) is 0 Å². The molecule has 3 N–H and O–H groups in total. The fraction of sp³-hybridized carbons (Fsp3) is 0.250. The predicted molar refractivity (Wildman–Crippen MR) is 63.0 cm³/mol. The van der Waals surface area contributed by atoms with Crippen molar-refractivity contribution in [3.8, 4) is 0 Å². The molecule has 0 bridgehead atoms. The highest BCUT2D eigenvalue weighted by atomic mass is 16.4. The van der Waals surface area contributed by atoms with E-state index in [0.717, 1.165) is 23.2 Å². The summed E-state index contributed by atoms with van der Waals surface area (Å²) in [6.45, 7) is 1.11.